The number of alkyl halides is 3. The molecule has 6 nitrogen and oxygen atoms in total. The second-order valence-corrected chi connectivity index (χ2v) is 6.70. The number of allylic oxidation sites excluding steroid dienone is 1. The molecule has 0 amide bonds. The van der Waals surface area contributed by atoms with E-state index in [0.717, 1.165) is 0 Å². The van der Waals surface area contributed by atoms with Crippen LogP contribution in [0.15, 0.2) is 36.8 Å². The molecule has 0 aliphatic carbocycles. The van der Waals surface area contributed by atoms with Crippen LogP contribution in [-0.4, -0.2) is 17.3 Å². The lowest BCUT2D eigenvalue weighted by Gasteiger charge is -2.11. The number of hydrogen-bond acceptors (Lipinski definition) is 4. The highest BCUT2D eigenvalue weighted by Gasteiger charge is 2.39. The highest BCUT2D eigenvalue weighted by molar-refractivity contribution is 7.93. The second-order valence-electron chi connectivity index (χ2n) is 4.97. The average molecular weight is 360 g/mol. The largest absolute Gasteiger partial charge is 0.423 e. The molecule has 10 heteroatoms. The summed E-state index contributed by atoms with van der Waals surface area (Å²) in [5.74, 6) is 0. The summed E-state index contributed by atoms with van der Waals surface area (Å²) in [4.78, 5) is 9.77. The van der Waals surface area contributed by atoms with Crippen LogP contribution in [0.5, 0.6) is 0 Å². The zero-order chi connectivity index (χ0) is 18.4. The standard InChI is InChI=1S/C14H11F3N2O4S/c1-4-24(22,23)18-11(8(2)3)5-9-6-13(19(20)21)10(7-12(9)18)14(15,16)17/h4-7H,1-2H2,3H3. The molecule has 0 spiro atoms. The van der Waals surface area contributed by atoms with Crippen molar-refractivity contribution >= 4 is 32.2 Å². The molecule has 2 rings (SSSR count). The van der Waals surface area contributed by atoms with Crippen molar-refractivity contribution in [3.63, 3.8) is 0 Å². The molecule has 0 saturated carbocycles. The topological polar surface area (TPSA) is 82.2 Å². The predicted octanol–water partition coefficient (Wildman–Crippen LogP) is 3.92. The van der Waals surface area contributed by atoms with Gasteiger partial charge in [-0.05, 0) is 24.6 Å². The smallest absolute Gasteiger partial charge is 0.258 e. The molecule has 0 N–H and O–H groups in total. The molecule has 0 fully saturated rings. The molecule has 1 heterocycles. The van der Waals surface area contributed by atoms with E-state index in [9.17, 15) is 31.7 Å². The molecule has 2 aromatic rings. The van der Waals surface area contributed by atoms with E-state index in [1.54, 1.807) is 0 Å². The van der Waals surface area contributed by atoms with Crippen LogP contribution in [0.4, 0.5) is 18.9 Å². The van der Waals surface area contributed by atoms with E-state index in [-0.39, 0.29) is 22.2 Å². The van der Waals surface area contributed by atoms with Crippen molar-refractivity contribution in [2.75, 3.05) is 0 Å². The summed E-state index contributed by atoms with van der Waals surface area (Å²) in [6.45, 7) is 8.19. The van der Waals surface area contributed by atoms with Crippen molar-refractivity contribution in [3.05, 3.63) is 58.1 Å². The minimum Gasteiger partial charge on any atom is -0.258 e. The van der Waals surface area contributed by atoms with E-state index >= 15 is 0 Å². The number of rotatable bonds is 4. The van der Waals surface area contributed by atoms with Gasteiger partial charge in [0.25, 0.3) is 15.7 Å². The Morgan fingerprint density at radius 1 is 1.33 bits per heavy atom. The molecule has 24 heavy (non-hydrogen) atoms. The number of fused-ring (bicyclic) bond motifs is 1. The number of nitro benzene ring substituents is 1. The van der Waals surface area contributed by atoms with Gasteiger partial charge in [-0.1, -0.05) is 13.2 Å². The molecule has 0 saturated heterocycles. The van der Waals surface area contributed by atoms with Crippen LogP contribution in [0.2, 0.25) is 0 Å². The number of nitro groups is 1. The van der Waals surface area contributed by atoms with Crippen LogP contribution < -0.4 is 0 Å². The minimum atomic E-state index is -5.02. The summed E-state index contributed by atoms with van der Waals surface area (Å²) in [6, 6.07) is 2.37. The summed E-state index contributed by atoms with van der Waals surface area (Å²) < 4.78 is 64.3. The lowest BCUT2D eigenvalue weighted by molar-refractivity contribution is -0.387. The first-order chi connectivity index (χ1) is 10.9. The van der Waals surface area contributed by atoms with Gasteiger partial charge in [-0.25, -0.2) is 12.4 Å². The summed E-state index contributed by atoms with van der Waals surface area (Å²) in [5.41, 5.74) is -2.76. The molecule has 128 valence electrons. The van der Waals surface area contributed by atoms with Crippen LogP contribution >= 0.6 is 0 Å². The van der Waals surface area contributed by atoms with Gasteiger partial charge in [0.1, 0.15) is 5.56 Å². The maximum atomic E-state index is 13.1. The Labute approximate surface area is 134 Å². The number of halogens is 3. The van der Waals surface area contributed by atoms with Crippen molar-refractivity contribution in [1.82, 2.24) is 3.97 Å². The Hall–Kier alpha value is -2.62. The van der Waals surface area contributed by atoms with Crippen molar-refractivity contribution in [2.24, 2.45) is 0 Å². The fraction of sp³-hybridized carbons (Fsp3) is 0.143. The van der Waals surface area contributed by atoms with Gasteiger partial charge in [-0.2, -0.15) is 13.2 Å². The summed E-state index contributed by atoms with van der Waals surface area (Å²) in [6.07, 6.45) is -5.02. The molecule has 0 radical (unpaired) electrons. The number of nitrogens with zero attached hydrogens (tertiary/aromatic N) is 2. The Morgan fingerprint density at radius 2 is 1.92 bits per heavy atom. The van der Waals surface area contributed by atoms with E-state index in [2.05, 4.69) is 13.2 Å². The summed E-state index contributed by atoms with van der Waals surface area (Å²) in [7, 11) is -4.17. The highest BCUT2D eigenvalue weighted by Crippen LogP contribution is 2.40. The van der Waals surface area contributed by atoms with E-state index < -0.39 is 32.4 Å². The number of aromatic nitrogens is 1. The highest BCUT2D eigenvalue weighted by atomic mass is 32.2. The van der Waals surface area contributed by atoms with Gasteiger partial charge in [0.15, 0.2) is 0 Å². The zero-order valence-electron chi connectivity index (χ0n) is 12.3. The van der Waals surface area contributed by atoms with Crippen molar-refractivity contribution in [2.45, 2.75) is 13.1 Å². The SMILES string of the molecule is C=CS(=O)(=O)n1c(C(=C)C)cc2cc([N+](=O)[O-])c(C(F)(F)F)cc21. The first-order valence-electron chi connectivity index (χ1n) is 6.35. The summed E-state index contributed by atoms with van der Waals surface area (Å²) in [5, 5.41) is 11.5. The van der Waals surface area contributed by atoms with Crippen LogP contribution in [0.3, 0.4) is 0 Å². The van der Waals surface area contributed by atoms with Crippen LogP contribution in [-0.2, 0) is 16.2 Å². The Bertz CT molecular complexity index is 988. The van der Waals surface area contributed by atoms with Gasteiger partial charge >= 0.3 is 6.18 Å². The third-order valence-corrected chi connectivity index (χ3v) is 4.60. The fourth-order valence-electron chi connectivity index (χ4n) is 2.24. The first-order valence-corrected chi connectivity index (χ1v) is 7.85. The number of hydrogen-bond donors (Lipinski definition) is 0. The van der Waals surface area contributed by atoms with Crippen molar-refractivity contribution in [1.29, 1.82) is 0 Å². The lowest BCUT2D eigenvalue weighted by Crippen LogP contribution is -2.13. The van der Waals surface area contributed by atoms with Gasteiger partial charge in [-0.3, -0.25) is 10.1 Å². The first kappa shape index (κ1) is 17.7. The Balaban J connectivity index is 3.06. The van der Waals surface area contributed by atoms with E-state index in [0.29, 0.717) is 21.5 Å². The molecular formula is C14H11F3N2O4S. The third-order valence-electron chi connectivity index (χ3n) is 3.28. The summed E-state index contributed by atoms with van der Waals surface area (Å²) >= 11 is 0. The number of benzene rings is 1. The van der Waals surface area contributed by atoms with Gasteiger partial charge in [0, 0.05) is 16.9 Å². The molecule has 0 atom stereocenters. The van der Waals surface area contributed by atoms with E-state index in [1.807, 2.05) is 0 Å². The van der Waals surface area contributed by atoms with E-state index in [1.165, 1.54) is 13.0 Å². The van der Waals surface area contributed by atoms with Gasteiger partial charge in [0.2, 0.25) is 0 Å². The van der Waals surface area contributed by atoms with Crippen LogP contribution in [0.25, 0.3) is 16.5 Å². The molecule has 1 aromatic heterocycles. The zero-order valence-corrected chi connectivity index (χ0v) is 13.1. The monoisotopic (exact) mass is 360 g/mol. The Kier molecular flexibility index (Phi) is 4.05. The van der Waals surface area contributed by atoms with Crippen LogP contribution in [0, 0.1) is 10.1 Å². The molecule has 0 bridgehead atoms. The Morgan fingerprint density at radius 3 is 2.33 bits per heavy atom. The second kappa shape index (κ2) is 5.48. The van der Waals surface area contributed by atoms with Gasteiger partial charge < -0.3 is 0 Å². The quantitative estimate of drug-likeness (QED) is 0.611. The lowest BCUT2D eigenvalue weighted by atomic mass is 10.1. The average Bonchev–Trinajstić information content (AvgIpc) is 2.84. The maximum Gasteiger partial charge on any atom is 0.423 e. The van der Waals surface area contributed by atoms with Crippen molar-refractivity contribution < 1.29 is 26.5 Å². The van der Waals surface area contributed by atoms with Gasteiger partial charge in [-0.15, -0.1) is 0 Å². The molecule has 0 aliphatic rings. The van der Waals surface area contributed by atoms with E-state index in [4.69, 9.17) is 0 Å². The molecule has 0 aliphatic heterocycles. The van der Waals surface area contributed by atoms with Crippen LogP contribution in [0.1, 0.15) is 18.2 Å². The van der Waals surface area contributed by atoms with Gasteiger partial charge in [0.05, 0.1) is 16.1 Å². The molecule has 0 unspecified atom stereocenters. The predicted molar refractivity (Wildman–Crippen MR) is 82.8 cm³/mol. The molecular weight excluding hydrogens is 349 g/mol. The maximum absolute atomic E-state index is 13.1. The minimum absolute atomic E-state index is 0.0125. The third kappa shape index (κ3) is 2.80. The molecule has 1 aromatic carbocycles. The van der Waals surface area contributed by atoms with Crippen molar-refractivity contribution in [3.8, 4) is 0 Å². The fourth-order valence-corrected chi connectivity index (χ4v) is 3.31. The normalized spacial score (nSPS) is 12.3.